The molecule has 0 aliphatic carbocycles. The smallest absolute Gasteiger partial charge is 0.336 e. The fourth-order valence-corrected chi connectivity index (χ4v) is 4.47. The Labute approximate surface area is 205 Å². The fourth-order valence-electron chi connectivity index (χ4n) is 3.92. The molecule has 188 valence electrons. The Morgan fingerprint density at radius 2 is 1.86 bits per heavy atom. The summed E-state index contributed by atoms with van der Waals surface area (Å²) in [5.74, 6) is -0.565. The van der Waals surface area contributed by atoms with E-state index in [0.717, 1.165) is 23.9 Å². The molecule has 9 nitrogen and oxygen atoms in total. The summed E-state index contributed by atoms with van der Waals surface area (Å²) in [6.45, 7) is 7.37. The number of carboxylic acid groups (broad SMARTS) is 1. The van der Waals surface area contributed by atoms with E-state index in [0.29, 0.717) is 30.0 Å². The maximum atomic E-state index is 12.5. The van der Waals surface area contributed by atoms with Crippen LogP contribution >= 0.6 is 0 Å². The molecule has 1 heterocycles. The first-order valence-electron chi connectivity index (χ1n) is 11.1. The molecule has 2 aromatic rings. The first kappa shape index (κ1) is 26.1. The SMILES string of the molecule is COc1c(/C=C/c2ccc(NS(C)(=O)=O)cc2C(=O)O)cc(N2CCCNC2=O)cc1C(C)(C)C. The Kier molecular flexibility index (Phi) is 7.44. The summed E-state index contributed by atoms with van der Waals surface area (Å²) in [5.41, 5.74) is 2.51. The van der Waals surface area contributed by atoms with Gasteiger partial charge < -0.3 is 15.2 Å². The monoisotopic (exact) mass is 501 g/mol. The van der Waals surface area contributed by atoms with Crippen LogP contribution in [0.4, 0.5) is 16.2 Å². The molecule has 1 aliphatic rings. The third-order valence-corrected chi connectivity index (χ3v) is 6.14. The van der Waals surface area contributed by atoms with E-state index in [1.54, 1.807) is 24.2 Å². The van der Waals surface area contributed by atoms with Crippen molar-refractivity contribution in [2.45, 2.75) is 32.6 Å². The van der Waals surface area contributed by atoms with E-state index >= 15 is 0 Å². The minimum atomic E-state index is -3.55. The first-order chi connectivity index (χ1) is 16.3. The van der Waals surface area contributed by atoms with Gasteiger partial charge in [0, 0.05) is 35.6 Å². The predicted octanol–water partition coefficient (Wildman–Crippen LogP) is 4.15. The average Bonchev–Trinajstić information content (AvgIpc) is 2.76. The van der Waals surface area contributed by atoms with E-state index < -0.39 is 16.0 Å². The zero-order chi connectivity index (χ0) is 26.0. The quantitative estimate of drug-likeness (QED) is 0.490. The third kappa shape index (κ3) is 6.33. The lowest BCUT2D eigenvalue weighted by molar-refractivity contribution is 0.0696. The van der Waals surface area contributed by atoms with Gasteiger partial charge >= 0.3 is 12.0 Å². The van der Waals surface area contributed by atoms with Crippen LogP contribution in [0.15, 0.2) is 30.3 Å². The number of amides is 2. The Morgan fingerprint density at radius 1 is 1.17 bits per heavy atom. The molecule has 0 radical (unpaired) electrons. The topological polar surface area (TPSA) is 125 Å². The highest BCUT2D eigenvalue weighted by molar-refractivity contribution is 7.92. The number of carboxylic acids is 1. The highest BCUT2D eigenvalue weighted by Gasteiger charge is 2.26. The molecule has 2 aromatic carbocycles. The standard InChI is InChI=1S/C25H31N3O6S/c1-25(2,3)21-15-19(28-12-6-11-26-24(28)31)13-17(22(21)34-4)8-7-16-9-10-18(27-35(5,32)33)14-20(16)23(29)30/h7-10,13-15,27H,6,11-12H2,1-5H3,(H,26,31)(H,29,30)/b8-7+. The van der Waals surface area contributed by atoms with Gasteiger partial charge in [-0.05, 0) is 41.7 Å². The van der Waals surface area contributed by atoms with E-state index in [9.17, 15) is 23.1 Å². The fraction of sp³-hybridized carbons (Fsp3) is 0.360. The molecule has 1 fully saturated rings. The van der Waals surface area contributed by atoms with Crippen LogP contribution in [0.3, 0.4) is 0 Å². The highest BCUT2D eigenvalue weighted by atomic mass is 32.2. The highest BCUT2D eigenvalue weighted by Crippen LogP contribution is 2.39. The Hall–Kier alpha value is -3.53. The van der Waals surface area contributed by atoms with Crippen molar-refractivity contribution in [3.8, 4) is 5.75 Å². The zero-order valence-electron chi connectivity index (χ0n) is 20.5. The summed E-state index contributed by atoms with van der Waals surface area (Å²) in [6.07, 6.45) is 5.20. The Morgan fingerprint density at radius 3 is 2.43 bits per heavy atom. The van der Waals surface area contributed by atoms with Gasteiger partial charge in [0.05, 0.1) is 18.9 Å². The number of benzene rings is 2. The second kappa shape index (κ2) is 9.99. The van der Waals surface area contributed by atoms with Gasteiger partial charge in [0.1, 0.15) is 5.75 Å². The van der Waals surface area contributed by atoms with Gasteiger partial charge in [0.15, 0.2) is 0 Å². The van der Waals surface area contributed by atoms with Crippen LogP contribution < -0.4 is 19.7 Å². The predicted molar refractivity (Wildman–Crippen MR) is 138 cm³/mol. The van der Waals surface area contributed by atoms with Crippen molar-refractivity contribution in [3.63, 3.8) is 0 Å². The molecule has 0 unspecified atom stereocenters. The van der Waals surface area contributed by atoms with E-state index in [4.69, 9.17) is 4.74 Å². The van der Waals surface area contributed by atoms with Crippen LogP contribution in [-0.4, -0.2) is 52.0 Å². The van der Waals surface area contributed by atoms with E-state index in [-0.39, 0.29) is 22.7 Å². The van der Waals surface area contributed by atoms with Crippen LogP contribution in [0.25, 0.3) is 12.2 Å². The van der Waals surface area contributed by atoms with Crippen LogP contribution in [0, 0.1) is 0 Å². The summed E-state index contributed by atoms with van der Waals surface area (Å²) in [4.78, 5) is 26.1. The first-order valence-corrected chi connectivity index (χ1v) is 13.0. The largest absolute Gasteiger partial charge is 0.496 e. The van der Waals surface area contributed by atoms with Crippen molar-refractivity contribution in [1.82, 2.24) is 5.32 Å². The van der Waals surface area contributed by atoms with Gasteiger partial charge in [-0.2, -0.15) is 0 Å². The van der Waals surface area contributed by atoms with Gasteiger partial charge in [-0.25, -0.2) is 18.0 Å². The van der Waals surface area contributed by atoms with Gasteiger partial charge in [-0.3, -0.25) is 9.62 Å². The number of ether oxygens (including phenoxy) is 1. The van der Waals surface area contributed by atoms with Crippen molar-refractivity contribution in [2.75, 3.05) is 36.1 Å². The average molecular weight is 502 g/mol. The minimum Gasteiger partial charge on any atom is -0.496 e. The summed E-state index contributed by atoms with van der Waals surface area (Å²) in [6, 6.07) is 7.94. The normalized spacial score (nSPS) is 14.7. The number of anilines is 2. The molecule has 0 aromatic heterocycles. The lowest BCUT2D eigenvalue weighted by Gasteiger charge is -2.31. The van der Waals surface area contributed by atoms with Gasteiger partial charge in [-0.1, -0.05) is 39.0 Å². The number of carbonyl (C=O) groups excluding carboxylic acids is 1. The van der Waals surface area contributed by atoms with Crippen LogP contribution in [0.5, 0.6) is 5.75 Å². The number of nitrogens with zero attached hydrogens (tertiary/aromatic N) is 1. The molecule has 10 heteroatoms. The molecule has 35 heavy (non-hydrogen) atoms. The van der Waals surface area contributed by atoms with Gasteiger partial charge in [0.2, 0.25) is 10.0 Å². The summed E-state index contributed by atoms with van der Waals surface area (Å²) in [7, 11) is -1.98. The van der Waals surface area contributed by atoms with Crippen LogP contribution in [0.1, 0.15) is 54.2 Å². The van der Waals surface area contributed by atoms with Gasteiger partial charge in [0.25, 0.3) is 0 Å². The van der Waals surface area contributed by atoms with Crippen molar-refractivity contribution < 1.29 is 27.9 Å². The lowest BCUT2D eigenvalue weighted by atomic mass is 9.84. The maximum Gasteiger partial charge on any atom is 0.336 e. The van der Waals surface area contributed by atoms with Crippen LogP contribution in [0.2, 0.25) is 0 Å². The number of hydrogen-bond acceptors (Lipinski definition) is 5. The molecule has 0 atom stereocenters. The Bertz CT molecular complexity index is 1280. The summed E-state index contributed by atoms with van der Waals surface area (Å²) < 4.78 is 31.1. The van der Waals surface area contributed by atoms with Gasteiger partial charge in [-0.15, -0.1) is 0 Å². The minimum absolute atomic E-state index is 0.0588. The lowest BCUT2D eigenvalue weighted by Crippen LogP contribution is -2.46. The molecule has 3 rings (SSSR count). The second-order valence-corrected chi connectivity index (χ2v) is 11.2. The number of hydrogen-bond donors (Lipinski definition) is 3. The maximum absolute atomic E-state index is 12.5. The van der Waals surface area contributed by atoms with E-state index in [1.807, 2.05) is 12.1 Å². The molecule has 0 bridgehead atoms. The zero-order valence-corrected chi connectivity index (χ0v) is 21.3. The molecule has 0 spiro atoms. The third-order valence-electron chi connectivity index (χ3n) is 5.54. The van der Waals surface area contributed by atoms with Crippen molar-refractivity contribution in [2.24, 2.45) is 0 Å². The molecular formula is C25H31N3O6S. The second-order valence-electron chi connectivity index (χ2n) is 9.42. The van der Waals surface area contributed by atoms with Crippen molar-refractivity contribution >= 4 is 45.6 Å². The molecule has 2 amide bonds. The number of methoxy groups -OCH3 is 1. The van der Waals surface area contributed by atoms with Crippen LogP contribution in [-0.2, 0) is 15.4 Å². The molecule has 1 aliphatic heterocycles. The van der Waals surface area contributed by atoms with Crippen molar-refractivity contribution in [1.29, 1.82) is 0 Å². The number of rotatable bonds is 7. The molecular weight excluding hydrogens is 470 g/mol. The number of carbonyl (C=O) groups is 2. The number of urea groups is 1. The molecule has 3 N–H and O–H groups in total. The number of sulfonamides is 1. The van der Waals surface area contributed by atoms with Crippen molar-refractivity contribution in [3.05, 3.63) is 52.6 Å². The summed E-state index contributed by atoms with van der Waals surface area (Å²) >= 11 is 0. The van der Waals surface area contributed by atoms with E-state index in [1.165, 1.54) is 18.2 Å². The Balaban J connectivity index is 2.12. The van der Waals surface area contributed by atoms with E-state index in [2.05, 4.69) is 30.8 Å². The molecule has 1 saturated heterocycles. The molecule has 0 saturated carbocycles. The number of aromatic carboxylic acids is 1. The summed E-state index contributed by atoms with van der Waals surface area (Å²) in [5, 5.41) is 12.6. The number of nitrogens with one attached hydrogen (secondary N) is 2.